The fraction of sp³-hybridized carbons (Fsp3) is 0.500. The summed E-state index contributed by atoms with van der Waals surface area (Å²) in [7, 11) is 2.05. The zero-order valence-electron chi connectivity index (χ0n) is 8.86. The third-order valence-electron chi connectivity index (χ3n) is 3.15. The highest BCUT2D eigenvalue weighted by atomic mass is 19.1. The molecule has 2 nitrogen and oxygen atoms in total. The predicted octanol–water partition coefficient (Wildman–Crippen LogP) is 1.81. The van der Waals surface area contributed by atoms with Crippen LogP contribution in [-0.4, -0.2) is 30.2 Å². The molecule has 0 amide bonds. The van der Waals surface area contributed by atoms with Crippen LogP contribution in [0.4, 0.5) is 4.39 Å². The summed E-state index contributed by atoms with van der Waals surface area (Å²) in [6.07, 6.45) is 0.957. The smallest absolute Gasteiger partial charge is 0.123 e. The van der Waals surface area contributed by atoms with Crippen molar-refractivity contribution in [2.45, 2.75) is 12.5 Å². The maximum Gasteiger partial charge on any atom is 0.123 e. The highest BCUT2D eigenvalue weighted by Crippen LogP contribution is 2.33. The molecule has 2 atom stereocenters. The van der Waals surface area contributed by atoms with Gasteiger partial charge in [-0.25, -0.2) is 4.39 Å². The number of hydrogen-bond donors (Lipinski definition) is 1. The summed E-state index contributed by atoms with van der Waals surface area (Å²) in [5, 5.41) is 9.11. The normalized spacial score (nSPS) is 27.1. The lowest BCUT2D eigenvalue weighted by Gasteiger charge is -2.19. The summed E-state index contributed by atoms with van der Waals surface area (Å²) in [5.74, 6) is 0.156. The maximum absolute atomic E-state index is 12.8. The second-order valence-corrected chi connectivity index (χ2v) is 4.29. The molecule has 0 unspecified atom stereocenters. The summed E-state index contributed by atoms with van der Waals surface area (Å²) < 4.78 is 12.8. The lowest BCUT2D eigenvalue weighted by atomic mass is 10.0. The van der Waals surface area contributed by atoms with E-state index >= 15 is 0 Å². The molecule has 82 valence electrons. The SMILES string of the molecule is CN1C[C@H](CO)C[C@H]1c1ccc(F)cc1. The van der Waals surface area contributed by atoms with Crippen LogP contribution in [-0.2, 0) is 0 Å². The largest absolute Gasteiger partial charge is 0.396 e. The first-order valence-electron chi connectivity index (χ1n) is 5.27. The quantitative estimate of drug-likeness (QED) is 0.803. The molecule has 0 saturated carbocycles. The van der Waals surface area contributed by atoms with E-state index in [0.29, 0.717) is 12.0 Å². The fourth-order valence-corrected chi connectivity index (χ4v) is 2.31. The van der Waals surface area contributed by atoms with E-state index in [9.17, 15) is 4.39 Å². The second kappa shape index (κ2) is 4.29. The Labute approximate surface area is 89.3 Å². The van der Waals surface area contributed by atoms with Gasteiger partial charge in [-0.1, -0.05) is 12.1 Å². The molecule has 15 heavy (non-hydrogen) atoms. The lowest BCUT2D eigenvalue weighted by Crippen LogP contribution is -2.18. The van der Waals surface area contributed by atoms with Crippen molar-refractivity contribution in [1.29, 1.82) is 0 Å². The van der Waals surface area contributed by atoms with Crippen molar-refractivity contribution in [2.75, 3.05) is 20.2 Å². The van der Waals surface area contributed by atoms with Crippen molar-refractivity contribution in [3.8, 4) is 0 Å². The highest BCUT2D eigenvalue weighted by Gasteiger charge is 2.29. The predicted molar refractivity (Wildman–Crippen MR) is 57.0 cm³/mol. The molecule has 0 aromatic heterocycles. The van der Waals surface area contributed by atoms with Crippen LogP contribution in [0.1, 0.15) is 18.0 Å². The molecule has 0 aliphatic carbocycles. The molecular weight excluding hydrogens is 193 g/mol. The first-order chi connectivity index (χ1) is 7.20. The minimum atomic E-state index is -0.196. The molecule has 1 N–H and O–H groups in total. The van der Waals surface area contributed by atoms with Gasteiger partial charge in [0.25, 0.3) is 0 Å². The van der Waals surface area contributed by atoms with Gasteiger partial charge in [-0.2, -0.15) is 0 Å². The van der Waals surface area contributed by atoms with Crippen molar-refractivity contribution >= 4 is 0 Å². The van der Waals surface area contributed by atoms with Gasteiger partial charge in [0.2, 0.25) is 0 Å². The molecule has 1 saturated heterocycles. The third kappa shape index (κ3) is 2.19. The van der Waals surface area contributed by atoms with E-state index in [4.69, 9.17) is 5.11 Å². The van der Waals surface area contributed by atoms with Crippen LogP contribution in [0, 0.1) is 11.7 Å². The number of hydrogen-bond acceptors (Lipinski definition) is 2. The number of rotatable bonds is 2. The fourth-order valence-electron chi connectivity index (χ4n) is 2.31. The van der Waals surface area contributed by atoms with E-state index in [0.717, 1.165) is 18.5 Å². The van der Waals surface area contributed by atoms with Crippen molar-refractivity contribution < 1.29 is 9.50 Å². The Bertz CT molecular complexity index is 325. The van der Waals surface area contributed by atoms with Crippen molar-refractivity contribution in [3.05, 3.63) is 35.6 Å². The van der Waals surface area contributed by atoms with Crippen LogP contribution < -0.4 is 0 Å². The standard InChI is InChI=1S/C12H16FNO/c1-14-7-9(8-15)6-12(14)10-2-4-11(13)5-3-10/h2-5,9,12,15H,6-8H2,1H3/t9-,12+/m1/s1. The number of aliphatic hydroxyl groups is 1. The van der Waals surface area contributed by atoms with Gasteiger partial charge < -0.3 is 5.11 Å². The Morgan fingerprint density at radius 1 is 1.40 bits per heavy atom. The minimum Gasteiger partial charge on any atom is -0.396 e. The molecule has 0 spiro atoms. The molecule has 1 aliphatic rings. The van der Waals surface area contributed by atoms with Crippen LogP contribution in [0.15, 0.2) is 24.3 Å². The van der Waals surface area contributed by atoms with Crippen LogP contribution in [0.5, 0.6) is 0 Å². The summed E-state index contributed by atoms with van der Waals surface area (Å²) in [4.78, 5) is 2.22. The number of benzene rings is 1. The van der Waals surface area contributed by atoms with Crippen LogP contribution >= 0.6 is 0 Å². The average molecular weight is 209 g/mol. The number of likely N-dealkylation sites (tertiary alicyclic amines) is 1. The minimum absolute atomic E-state index is 0.196. The Hall–Kier alpha value is -0.930. The maximum atomic E-state index is 12.8. The van der Waals surface area contributed by atoms with Crippen molar-refractivity contribution in [2.24, 2.45) is 5.92 Å². The lowest BCUT2D eigenvalue weighted by molar-refractivity contribution is 0.227. The van der Waals surface area contributed by atoms with E-state index in [1.165, 1.54) is 12.1 Å². The summed E-state index contributed by atoms with van der Waals surface area (Å²) in [6, 6.07) is 6.97. The molecule has 1 aromatic carbocycles. The number of nitrogens with zero attached hydrogens (tertiary/aromatic N) is 1. The van der Waals surface area contributed by atoms with Gasteiger partial charge >= 0.3 is 0 Å². The van der Waals surface area contributed by atoms with Gasteiger partial charge in [-0.3, -0.25) is 4.90 Å². The van der Waals surface area contributed by atoms with Crippen LogP contribution in [0.2, 0.25) is 0 Å². The molecule has 3 heteroatoms. The van der Waals surface area contributed by atoms with Crippen LogP contribution in [0.25, 0.3) is 0 Å². The van der Waals surface area contributed by atoms with Gasteiger partial charge in [0.15, 0.2) is 0 Å². The van der Waals surface area contributed by atoms with Gasteiger partial charge in [0.05, 0.1) is 0 Å². The van der Waals surface area contributed by atoms with Gasteiger partial charge in [0, 0.05) is 19.2 Å². The van der Waals surface area contributed by atoms with Crippen molar-refractivity contribution in [3.63, 3.8) is 0 Å². The monoisotopic (exact) mass is 209 g/mol. The van der Waals surface area contributed by atoms with E-state index in [2.05, 4.69) is 4.90 Å². The molecule has 1 aliphatic heterocycles. The Morgan fingerprint density at radius 3 is 2.60 bits per heavy atom. The Balaban J connectivity index is 2.14. The molecule has 1 heterocycles. The number of halogens is 1. The Kier molecular flexibility index (Phi) is 3.03. The average Bonchev–Trinajstić information content (AvgIpc) is 2.61. The van der Waals surface area contributed by atoms with E-state index < -0.39 is 0 Å². The number of aliphatic hydroxyl groups excluding tert-OH is 1. The van der Waals surface area contributed by atoms with E-state index in [1.807, 2.05) is 19.2 Å². The van der Waals surface area contributed by atoms with Gasteiger partial charge in [-0.05, 0) is 37.1 Å². The van der Waals surface area contributed by atoms with Crippen molar-refractivity contribution in [1.82, 2.24) is 4.90 Å². The molecular formula is C12H16FNO. The first kappa shape index (κ1) is 10.6. The van der Waals surface area contributed by atoms with E-state index in [-0.39, 0.29) is 12.4 Å². The van der Waals surface area contributed by atoms with E-state index in [1.54, 1.807) is 0 Å². The molecule has 2 rings (SSSR count). The molecule has 1 fully saturated rings. The topological polar surface area (TPSA) is 23.5 Å². The highest BCUT2D eigenvalue weighted by molar-refractivity contribution is 5.21. The summed E-state index contributed by atoms with van der Waals surface area (Å²) in [6.45, 7) is 1.15. The summed E-state index contributed by atoms with van der Waals surface area (Å²) in [5.41, 5.74) is 1.13. The van der Waals surface area contributed by atoms with Gasteiger partial charge in [-0.15, -0.1) is 0 Å². The van der Waals surface area contributed by atoms with Gasteiger partial charge in [0.1, 0.15) is 5.82 Å². The third-order valence-corrected chi connectivity index (χ3v) is 3.15. The molecule has 0 radical (unpaired) electrons. The zero-order chi connectivity index (χ0) is 10.8. The Morgan fingerprint density at radius 2 is 2.07 bits per heavy atom. The second-order valence-electron chi connectivity index (χ2n) is 4.29. The molecule has 1 aromatic rings. The molecule has 0 bridgehead atoms. The van der Waals surface area contributed by atoms with Crippen LogP contribution in [0.3, 0.4) is 0 Å². The first-order valence-corrected chi connectivity index (χ1v) is 5.27. The zero-order valence-corrected chi connectivity index (χ0v) is 8.86. The summed E-state index contributed by atoms with van der Waals surface area (Å²) >= 11 is 0.